The van der Waals surface area contributed by atoms with Gasteiger partial charge in [-0.25, -0.2) is 8.78 Å². The molecule has 0 aromatic carbocycles. The highest BCUT2D eigenvalue weighted by molar-refractivity contribution is 6.01. The summed E-state index contributed by atoms with van der Waals surface area (Å²) in [5.74, 6) is -13.7. The summed E-state index contributed by atoms with van der Waals surface area (Å²) < 4.78 is 84.5. The molecule has 6 fully saturated rings. The lowest BCUT2D eigenvalue weighted by Gasteiger charge is -2.42. The lowest BCUT2D eigenvalue weighted by molar-refractivity contribution is -0.219. The fraction of sp³-hybridized carbons (Fsp3) is 0.813. The molecule has 3 aliphatic carbocycles. The van der Waals surface area contributed by atoms with Gasteiger partial charge >= 0.3 is 6.18 Å². The van der Waals surface area contributed by atoms with Crippen LogP contribution < -0.4 is 16.0 Å². The number of alkyl halides is 5. The second kappa shape index (κ2) is 38.8. The van der Waals surface area contributed by atoms with E-state index >= 15 is 37.5 Å². The van der Waals surface area contributed by atoms with E-state index in [4.69, 9.17) is 9.47 Å². The van der Waals surface area contributed by atoms with Crippen LogP contribution in [0.3, 0.4) is 0 Å². The van der Waals surface area contributed by atoms with Crippen LogP contribution in [-0.4, -0.2) is 295 Å². The first-order valence-corrected chi connectivity index (χ1v) is 38.7. The van der Waals surface area contributed by atoms with Crippen LogP contribution in [0.15, 0.2) is 12.2 Å². The second-order valence-electron chi connectivity index (χ2n) is 30.9. The van der Waals surface area contributed by atoms with Gasteiger partial charge in [-0.3, -0.25) is 57.5 Å². The molecule has 4 heterocycles. The minimum Gasteiger partial charge on any atom is -0.382 e. The number of rotatable bonds is 15. The molecule has 0 aromatic heterocycles. The third-order valence-electron chi connectivity index (χ3n) is 23.8. The number of methoxy groups -OCH3 is 1. The van der Waals surface area contributed by atoms with Crippen LogP contribution in [-0.2, 0) is 67.0 Å². The maximum absolute atomic E-state index is 15.8. The Morgan fingerprint density at radius 2 is 1.26 bits per heavy atom. The first kappa shape index (κ1) is 86.2. The molecule has 31 heteroatoms. The van der Waals surface area contributed by atoms with Gasteiger partial charge in [-0.2, -0.15) is 13.2 Å². The molecule has 12 atom stereocenters. The lowest BCUT2D eigenvalue weighted by Crippen LogP contribution is -2.65. The number of ether oxygens (including phenoxy) is 2. The van der Waals surface area contributed by atoms with Crippen LogP contribution in [0, 0.1) is 29.6 Å². The minimum absolute atomic E-state index is 0.00724. The molecule has 7 rings (SSSR count). The molecule has 2 unspecified atom stereocenters. The molecule has 2 bridgehead atoms. The highest BCUT2D eigenvalue weighted by atomic mass is 19.4. The number of nitrogens with one attached hydrogen (secondary N) is 3. The molecule has 3 saturated carbocycles. The molecule has 12 amide bonds. The van der Waals surface area contributed by atoms with Gasteiger partial charge in [0.2, 0.25) is 70.9 Å². The molecule has 1 spiro atoms. The van der Waals surface area contributed by atoms with Crippen molar-refractivity contribution in [1.29, 1.82) is 0 Å². The van der Waals surface area contributed by atoms with Crippen LogP contribution >= 0.6 is 0 Å². The number of likely N-dealkylation sites (tertiary alicyclic amines) is 1. The summed E-state index contributed by atoms with van der Waals surface area (Å²) in [6.07, 6.45) is -2.44. The largest absolute Gasteiger partial charge is 0.397 e. The second-order valence-corrected chi connectivity index (χ2v) is 30.9. The van der Waals surface area contributed by atoms with Crippen molar-refractivity contribution in [2.75, 3.05) is 102 Å². The quantitative estimate of drug-likeness (QED) is 0.138. The average Bonchev–Trinajstić information content (AvgIpc) is 1.58. The summed E-state index contributed by atoms with van der Waals surface area (Å²) >= 11 is 0. The van der Waals surface area contributed by atoms with Crippen LogP contribution in [0.4, 0.5) is 22.0 Å². The number of amides is 12. The van der Waals surface area contributed by atoms with E-state index in [1.165, 1.54) is 69.0 Å². The smallest absolute Gasteiger partial charge is 0.382 e. The van der Waals surface area contributed by atoms with Gasteiger partial charge in [-0.15, -0.1) is 0 Å². The minimum atomic E-state index is -5.18. The monoisotopic (exact) mass is 1510 g/mol. The zero-order valence-corrected chi connectivity index (χ0v) is 64.4. The predicted octanol–water partition coefficient (Wildman–Crippen LogP) is 5.33. The molecule has 3 N–H and O–H groups in total. The van der Waals surface area contributed by atoms with Gasteiger partial charge < -0.3 is 69.5 Å². The summed E-state index contributed by atoms with van der Waals surface area (Å²) in [5.41, 5.74) is -1.69. The van der Waals surface area contributed by atoms with Crippen LogP contribution in [0.2, 0.25) is 0 Å². The zero-order chi connectivity index (χ0) is 78.2. The molecule has 3 saturated heterocycles. The lowest BCUT2D eigenvalue weighted by atomic mass is 9.76. The number of fused-ring (bicyclic) bond motifs is 3. The number of carbonyl (C=O) groups excluding carboxylic acids is 12. The molecule has 106 heavy (non-hydrogen) atoms. The van der Waals surface area contributed by atoms with Gasteiger partial charge in [-0.05, 0) is 101 Å². The van der Waals surface area contributed by atoms with E-state index in [9.17, 15) is 41.9 Å². The van der Waals surface area contributed by atoms with Gasteiger partial charge in [0, 0.05) is 88.6 Å². The number of hydrogen-bond donors (Lipinski definition) is 3. The van der Waals surface area contributed by atoms with Crippen molar-refractivity contribution < 1.29 is 89.0 Å². The highest BCUT2D eigenvalue weighted by Crippen LogP contribution is 2.45. The first-order valence-electron chi connectivity index (χ1n) is 38.7. The molecule has 7 aliphatic rings. The number of carbonyl (C=O) groups is 12. The zero-order valence-electron chi connectivity index (χ0n) is 64.4. The summed E-state index contributed by atoms with van der Waals surface area (Å²) in [4.78, 5) is 193. The normalized spacial score (nSPS) is 30.9. The topological polar surface area (TPSA) is 289 Å². The number of nitrogens with zero attached hydrogens (tertiary/aromatic N) is 9. The Morgan fingerprint density at radius 1 is 0.632 bits per heavy atom. The Hall–Kier alpha value is -7.05. The summed E-state index contributed by atoms with van der Waals surface area (Å²) in [6.45, 7) is 7.77. The molecular weight excluding hydrogens is 1390 g/mol. The summed E-state index contributed by atoms with van der Waals surface area (Å²) in [5, 5.41) is 8.57. The van der Waals surface area contributed by atoms with Crippen LogP contribution in [0.25, 0.3) is 0 Å². The maximum atomic E-state index is 15.8. The Morgan fingerprint density at radius 3 is 1.86 bits per heavy atom. The average molecular weight is 1510 g/mol. The van der Waals surface area contributed by atoms with Crippen molar-refractivity contribution in [3.05, 3.63) is 12.2 Å². The van der Waals surface area contributed by atoms with E-state index in [-0.39, 0.29) is 70.7 Å². The first-order chi connectivity index (χ1) is 50.2. The van der Waals surface area contributed by atoms with Crippen molar-refractivity contribution in [3.8, 4) is 0 Å². The van der Waals surface area contributed by atoms with Gasteiger partial charge in [-0.1, -0.05) is 104 Å². The van der Waals surface area contributed by atoms with Crippen molar-refractivity contribution in [3.63, 3.8) is 0 Å². The van der Waals surface area contributed by atoms with Crippen LogP contribution in [0.1, 0.15) is 182 Å². The number of halogens is 5. The standard InChI is InChI=1S/C75H119F5N12O14/c1-13-46(5)63-71(102)85(7)44-61(95)86(8)54-29-21-18-24-36-91(70(54)101)57(39-47-27-19-17-20-28-47)68(99)84(6)43-59(93)81-53(31-30-48-37-51(76)62(52(77)38-48)75(78,79)80)67(98)92-42-50(106-16-4)40-55(92)66(97)83-74(32-22-23-33-74)73(104)89(11)64(49(14-2)15-3)72(103)88(10)56(69(100)90-34-25-26-35-90)41-60(94)87(9)58(45-105-12)65(96)82-63/h18,21,46-58,62-64H,13-17,19-20,22-45H2,1-12H3,(H,81,93)(H,82,96)(H,83,97)/b21-18-/t46-,48?,50+,51?,52?,53-,54-,55-,56-,57-,58-,62?,63-,64-/m0/s1. The fourth-order valence-electron chi connectivity index (χ4n) is 17.1. The van der Waals surface area contributed by atoms with Gasteiger partial charge in [0.15, 0.2) is 0 Å². The van der Waals surface area contributed by atoms with Crippen molar-refractivity contribution in [2.45, 2.75) is 261 Å². The molecular formula is C75H119F5N12O14. The van der Waals surface area contributed by atoms with E-state index in [0.717, 1.165) is 51.7 Å². The molecule has 598 valence electrons. The van der Waals surface area contributed by atoms with E-state index in [2.05, 4.69) is 16.0 Å². The Balaban J connectivity index is 1.33. The number of hydrogen-bond acceptors (Lipinski definition) is 14. The van der Waals surface area contributed by atoms with E-state index in [1.54, 1.807) is 31.7 Å². The highest BCUT2D eigenvalue weighted by Gasteiger charge is 2.55. The molecule has 4 aliphatic heterocycles. The molecule has 0 aromatic rings. The van der Waals surface area contributed by atoms with E-state index in [0.29, 0.717) is 64.5 Å². The maximum Gasteiger partial charge on any atom is 0.397 e. The molecule has 0 radical (unpaired) electrons. The Bertz CT molecular complexity index is 3100. The van der Waals surface area contributed by atoms with Gasteiger partial charge in [0.25, 0.3) is 0 Å². The van der Waals surface area contributed by atoms with E-state index < -0.39 is 212 Å². The van der Waals surface area contributed by atoms with Crippen LogP contribution in [0.5, 0.6) is 0 Å². The third kappa shape index (κ3) is 20.8. The van der Waals surface area contributed by atoms with Crippen molar-refractivity contribution >= 4 is 70.9 Å². The molecule has 26 nitrogen and oxygen atoms in total. The Labute approximate surface area is 621 Å². The van der Waals surface area contributed by atoms with Crippen molar-refractivity contribution in [2.24, 2.45) is 29.6 Å². The predicted molar refractivity (Wildman–Crippen MR) is 382 cm³/mol. The third-order valence-corrected chi connectivity index (χ3v) is 23.8. The fourth-order valence-corrected chi connectivity index (χ4v) is 17.1. The summed E-state index contributed by atoms with van der Waals surface area (Å²) in [7, 11) is 9.61. The van der Waals surface area contributed by atoms with E-state index in [1.807, 2.05) is 19.9 Å². The number of likely N-dealkylation sites (N-methyl/N-ethyl adjacent to an activating group) is 6. The van der Waals surface area contributed by atoms with Gasteiger partial charge in [0.1, 0.15) is 72.1 Å². The van der Waals surface area contributed by atoms with Crippen molar-refractivity contribution in [1.82, 2.24) is 60.0 Å². The summed E-state index contributed by atoms with van der Waals surface area (Å²) in [6, 6.07) is -10.9. The Kier molecular flexibility index (Phi) is 31.6. The van der Waals surface area contributed by atoms with Gasteiger partial charge in [0.05, 0.1) is 32.2 Å². The SMILES string of the molecule is CCO[C@@H]1C[C@H]2C(=O)NC3(CCCC3)C(=O)N(C)[C@@H](C(CC)CC)C(=O)N(C)[C@H](C(=O)N3CCCC3)CC(=O)N(C)[C@@H](COC)C(=O)N[C@@H]([C@@H](C)CC)C(=O)N(C)CC(=O)N(C)[C@H]3C/C=C\CCN(C3=O)[C@@H](CC3CCCCC3)C(=O)N(C)CC(=O)N[C@@H](CCC3CC(F)C(C(F)(F)F)C(F)C3)C(=O)N2C1.